The van der Waals surface area contributed by atoms with E-state index in [0.29, 0.717) is 5.82 Å². The number of benzene rings is 11. The van der Waals surface area contributed by atoms with Gasteiger partial charge < -0.3 is 0 Å². The number of rotatable bonds is 7. The standard InChI is InChI=1S/C62H40N2/c1-3-12-41(13-4-1)43-22-24-44(25-23-43)55-37-58(50-21-11-20-45(30-50)42-14-5-2-6-15-42)39-59(38-55)62-63-60(53-28-26-51-31-46-16-7-9-18-48(46)33-56(51)35-53)40-61(64-62)54-29-27-52-32-47-17-8-10-19-49(47)34-57(52)36-54/h1-40H. The van der Waals surface area contributed by atoms with E-state index in [1.807, 2.05) is 0 Å². The molecule has 0 aliphatic carbocycles. The zero-order chi connectivity index (χ0) is 42.4. The van der Waals surface area contributed by atoms with Gasteiger partial charge in [0.05, 0.1) is 11.4 Å². The van der Waals surface area contributed by atoms with E-state index in [-0.39, 0.29) is 0 Å². The number of aromatic nitrogens is 2. The van der Waals surface area contributed by atoms with Gasteiger partial charge in [0.15, 0.2) is 5.82 Å². The van der Waals surface area contributed by atoms with Crippen LogP contribution in [0, 0.1) is 0 Å². The maximum absolute atomic E-state index is 5.45. The fraction of sp³-hybridized carbons (Fsp3) is 0. The largest absolute Gasteiger partial charge is 0.228 e. The van der Waals surface area contributed by atoms with Crippen molar-refractivity contribution in [1.29, 1.82) is 0 Å². The smallest absolute Gasteiger partial charge is 0.160 e. The van der Waals surface area contributed by atoms with Crippen molar-refractivity contribution in [3.05, 3.63) is 243 Å². The van der Waals surface area contributed by atoms with E-state index in [0.717, 1.165) is 50.3 Å². The van der Waals surface area contributed by atoms with Gasteiger partial charge in [0.25, 0.3) is 0 Å². The zero-order valence-corrected chi connectivity index (χ0v) is 35.0. The highest BCUT2D eigenvalue weighted by atomic mass is 14.9. The third-order valence-electron chi connectivity index (χ3n) is 12.5. The summed E-state index contributed by atoms with van der Waals surface area (Å²) in [5.41, 5.74) is 14.0. The first-order chi connectivity index (χ1) is 31.6. The van der Waals surface area contributed by atoms with Crippen molar-refractivity contribution in [2.24, 2.45) is 0 Å². The molecule has 0 bridgehead atoms. The van der Waals surface area contributed by atoms with Crippen LogP contribution in [-0.2, 0) is 0 Å². The molecule has 0 saturated heterocycles. The Kier molecular flexibility index (Phi) is 9.20. The van der Waals surface area contributed by atoms with Gasteiger partial charge in [-0.25, -0.2) is 9.97 Å². The molecule has 12 aromatic rings. The predicted molar refractivity (Wildman–Crippen MR) is 270 cm³/mol. The third kappa shape index (κ3) is 7.17. The molecular weight excluding hydrogens is 773 g/mol. The van der Waals surface area contributed by atoms with E-state index in [9.17, 15) is 0 Å². The van der Waals surface area contributed by atoms with Gasteiger partial charge in [0, 0.05) is 16.7 Å². The lowest BCUT2D eigenvalue weighted by atomic mass is 9.93. The average molecular weight is 813 g/mol. The quantitative estimate of drug-likeness (QED) is 0.150. The second-order valence-corrected chi connectivity index (χ2v) is 16.7. The van der Waals surface area contributed by atoms with Crippen molar-refractivity contribution in [3.8, 4) is 78.4 Å². The number of hydrogen-bond donors (Lipinski definition) is 0. The first-order valence-electron chi connectivity index (χ1n) is 21.9. The van der Waals surface area contributed by atoms with Crippen LogP contribution in [0.3, 0.4) is 0 Å². The van der Waals surface area contributed by atoms with Gasteiger partial charge in [0.2, 0.25) is 0 Å². The molecule has 0 amide bonds. The Morgan fingerprint density at radius 1 is 0.172 bits per heavy atom. The molecule has 0 fully saturated rings. The van der Waals surface area contributed by atoms with E-state index >= 15 is 0 Å². The second kappa shape index (κ2) is 15.8. The number of hydrogen-bond acceptors (Lipinski definition) is 2. The van der Waals surface area contributed by atoms with Crippen molar-refractivity contribution < 1.29 is 0 Å². The molecule has 0 radical (unpaired) electrons. The minimum Gasteiger partial charge on any atom is -0.228 e. The van der Waals surface area contributed by atoms with Gasteiger partial charge in [0.1, 0.15) is 0 Å². The van der Waals surface area contributed by atoms with Crippen molar-refractivity contribution in [2.75, 3.05) is 0 Å². The van der Waals surface area contributed by atoms with Crippen LogP contribution < -0.4 is 0 Å². The van der Waals surface area contributed by atoms with Crippen LogP contribution in [-0.4, -0.2) is 9.97 Å². The van der Waals surface area contributed by atoms with Crippen LogP contribution in [0.5, 0.6) is 0 Å². The van der Waals surface area contributed by atoms with Crippen LogP contribution in [0.2, 0.25) is 0 Å². The molecule has 2 nitrogen and oxygen atoms in total. The summed E-state index contributed by atoms with van der Waals surface area (Å²) >= 11 is 0. The molecule has 298 valence electrons. The zero-order valence-electron chi connectivity index (χ0n) is 35.0. The molecule has 1 heterocycles. The molecule has 0 aliphatic rings. The molecule has 11 aromatic carbocycles. The van der Waals surface area contributed by atoms with E-state index in [2.05, 4.69) is 243 Å². The maximum Gasteiger partial charge on any atom is 0.160 e. The Balaban J connectivity index is 1.05. The summed E-state index contributed by atoms with van der Waals surface area (Å²) in [7, 11) is 0. The summed E-state index contributed by atoms with van der Waals surface area (Å²) in [5, 5.41) is 9.67. The lowest BCUT2D eigenvalue weighted by Crippen LogP contribution is -1.97. The first kappa shape index (κ1) is 37.3. The van der Waals surface area contributed by atoms with E-state index in [4.69, 9.17) is 9.97 Å². The third-order valence-corrected chi connectivity index (χ3v) is 12.5. The van der Waals surface area contributed by atoms with Crippen LogP contribution in [0.15, 0.2) is 243 Å². The fourth-order valence-corrected chi connectivity index (χ4v) is 9.16. The van der Waals surface area contributed by atoms with Crippen LogP contribution in [0.4, 0.5) is 0 Å². The van der Waals surface area contributed by atoms with E-state index in [1.54, 1.807) is 0 Å². The summed E-state index contributed by atoms with van der Waals surface area (Å²) in [5.74, 6) is 0.674. The molecule has 1 aromatic heterocycles. The summed E-state index contributed by atoms with van der Waals surface area (Å²) in [6, 6.07) is 87.4. The van der Waals surface area contributed by atoms with Crippen molar-refractivity contribution >= 4 is 43.1 Å². The van der Waals surface area contributed by atoms with Gasteiger partial charge >= 0.3 is 0 Å². The van der Waals surface area contributed by atoms with E-state index in [1.165, 1.54) is 65.3 Å². The minimum absolute atomic E-state index is 0.674. The normalized spacial score (nSPS) is 11.4. The van der Waals surface area contributed by atoms with Gasteiger partial charge in [-0.15, -0.1) is 0 Å². The Hall–Kier alpha value is -8.46. The van der Waals surface area contributed by atoms with Gasteiger partial charge in [-0.1, -0.05) is 176 Å². The van der Waals surface area contributed by atoms with Crippen molar-refractivity contribution in [3.63, 3.8) is 0 Å². The molecule has 12 rings (SSSR count). The van der Waals surface area contributed by atoms with Crippen LogP contribution >= 0.6 is 0 Å². The number of nitrogens with zero attached hydrogens (tertiary/aromatic N) is 2. The topological polar surface area (TPSA) is 25.8 Å². The Morgan fingerprint density at radius 2 is 0.500 bits per heavy atom. The highest BCUT2D eigenvalue weighted by Crippen LogP contribution is 2.38. The molecular formula is C62H40N2. The molecule has 0 aliphatic heterocycles. The lowest BCUT2D eigenvalue weighted by Gasteiger charge is -2.14. The Morgan fingerprint density at radius 3 is 1.02 bits per heavy atom. The molecule has 2 heteroatoms. The molecule has 64 heavy (non-hydrogen) atoms. The average Bonchev–Trinajstić information content (AvgIpc) is 3.37. The molecule has 0 atom stereocenters. The molecule has 0 spiro atoms. The highest BCUT2D eigenvalue weighted by molar-refractivity contribution is 6.01. The first-order valence-corrected chi connectivity index (χ1v) is 21.9. The minimum atomic E-state index is 0.674. The molecule has 0 N–H and O–H groups in total. The fourth-order valence-electron chi connectivity index (χ4n) is 9.16. The second-order valence-electron chi connectivity index (χ2n) is 16.7. The van der Waals surface area contributed by atoms with Crippen molar-refractivity contribution in [2.45, 2.75) is 0 Å². The van der Waals surface area contributed by atoms with Crippen LogP contribution in [0.1, 0.15) is 0 Å². The Bertz CT molecular complexity index is 3570. The van der Waals surface area contributed by atoms with Gasteiger partial charge in [-0.3, -0.25) is 0 Å². The summed E-state index contributed by atoms with van der Waals surface area (Å²) in [6.45, 7) is 0. The predicted octanol–water partition coefficient (Wildman–Crippen LogP) is 16.8. The maximum atomic E-state index is 5.45. The van der Waals surface area contributed by atoms with E-state index < -0.39 is 0 Å². The van der Waals surface area contributed by atoms with Crippen molar-refractivity contribution in [1.82, 2.24) is 9.97 Å². The molecule has 0 saturated carbocycles. The SMILES string of the molecule is c1ccc(-c2ccc(-c3cc(-c4cccc(-c5ccccc5)c4)cc(-c4nc(-c5ccc6cc7ccccc7cc6c5)cc(-c5ccc6cc7ccccc7cc6c5)n4)c3)cc2)cc1. The summed E-state index contributed by atoms with van der Waals surface area (Å²) in [4.78, 5) is 10.9. The van der Waals surface area contributed by atoms with Gasteiger partial charge in [-0.05, 0) is 154 Å². The Labute approximate surface area is 372 Å². The van der Waals surface area contributed by atoms with Gasteiger partial charge in [-0.2, -0.15) is 0 Å². The monoisotopic (exact) mass is 812 g/mol. The summed E-state index contributed by atoms with van der Waals surface area (Å²) < 4.78 is 0. The molecule has 0 unspecified atom stereocenters. The van der Waals surface area contributed by atoms with Crippen LogP contribution in [0.25, 0.3) is 122 Å². The number of fused-ring (bicyclic) bond motifs is 4. The lowest BCUT2D eigenvalue weighted by molar-refractivity contribution is 1.18. The summed E-state index contributed by atoms with van der Waals surface area (Å²) in [6.07, 6.45) is 0. The highest BCUT2D eigenvalue weighted by Gasteiger charge is 2.16.